The molecule has 0 saturated carbocycles. The van der Waals surface area contributed by atoms with Crippen LogP contribution in [0.1, 0.15) is 12.6 Å². The quantitative estimate of drug-likeness (QED) is 0.741. The van der Waals surface area contributed by atoms with Crippen LogP contribution in [0.25, 0.3) is 0 Å². The van der Waals surface area contributed by atoms with Crippen molar-refractivity contribution in [2.45, 2.75) is 24.9 Å². The standard InChI is InChI=1S/C9H11F2N3O3/c10-5-1-4(3-15)17-8(5)14-2-6(11)7(12)13-9(14)16/h2,4-5,8,15H,1,3H2,(H2,12,13,16)/t4-,5-,8+/m0/s1. The van der Waals surface area contributed by atoms with Crippen molar-refractivity contribution in [2.24, 2.45) is 0 Å². The minimum absolute atomic E-state index is 0.0560. The average molecular weight is 247 g/mol. The molecule has 0 unspecified atom stereocenters. The maximum absolute atomic E-state index is 13.5. The van der Waals surface area contributed by atoms with Gasteiger partial charge in [0.1, 0.15) is 6.17 Å². The number of ether oxygens (including phenoxy) is 1. The van der Waals surface area contributed by atoms with Crippen LogP contribution in [0.5, 0.6) is 0 Å². The molecule has 3 N–H and O–H groups in total. The molecule has 0 aliphatic carbocycles. The minimum atomic E-state index is -1.50. The van der Waals surface area contributed by atoms with Gasteiger partial charge in [0.05, 0.1) is 18.9 Å². The van der Waals surface area contributed by atoms with Crippen molar-refractivity contribution in [3.8, 4) is 0 Å². The Morgan fingerprint density at radius 1 is 1.71 bits per heavy atom. The zero-order valence-corrected chi connectivity index (χ0v) is 8.72. The number of nitrogens with two attached hydrogens (primary N) is 1. The summed E-state index contributed by atoms with van der Waals surface area (Å²) in [5.41, 5.74) is 4.21. The van der Waals surface area contributed by atoms with Crippen molar-refractivity contribution in [2.75, 3.05) is 12.3 Å². The highest BCUT2D eigenvalue weighted by molar-refractivity contribution is 5.26. The van der Waals surface area contributed by atoms with Crippen LogP contribution in [0, 0.1) is 5.82 Å². The fraction of sp³-hybridized carbons (Fsp3) is 0.556. The van der Waals surface area contributed by atoms with Gasteiger partial charge in [-0.05, 0) is 0 Å². The van der Waals surface area contributed by atoms with Crippen molar-refractivity contribution in [3.05, 3.63) is 22.5 Å². The number of hydrogen-bond donors (Lipinski definition) is 2. The van der Waals surface area contributed by atoms with Crippen molar-refractivity contribution < 1.29 is 18.6 Å². The monoisotopic (exact) mass is 247 g/mol. The van der Waals surface area contributed by atoms with Crippen LogP contribution in [0.15, 0.2) is 11.0 Å². The van der Waals surface area contributed by atoms with E-state index in [4.69, 9.17) is 15.6 Å². The fourth-order valence-electron chi connectivity index (χ4n) is 1.70. The molecule has 0 bridgehead atoms. The van der Waals surface area contributed by atoms with Crippen LogP contribution in [-0.4, -0.2) is 33.5 Å². The summed E-state index contributed by atoms with van der Waals surface area (Å²) in [6, 6.07) is 0. The van der Waals surface area contributed by atoms with Crippen LogP contribution in [0.2, 0.25) is 0 Å². The number of aromatic nitrogens is 2. The van der Waals surface area contributed by atoms with Gasteiger partial charge in [0, 0.05) is 6.42 Å². The predicted molar refractivity (Wildman–Crippen MR) is 53.4 cm³/mol. The molecule has 1 aliphatic heterocycles. The van der Waals surface area contributed by atoms with E-state index in [-0.39, 0.29) is 13.0 Å². The number of aliphatic hydroxyl groups excluding tert-OH is 1. The second kappa shape index (κ2) is 4.38. The van der Waals surface area contributed by atoms with E-state index in [1.54, 1.807) is 0 Å². The van der Waals surface area contributed by atoms with E-state index in [1.807, 2.05) is 0 Å². The Morgan fingerprint density at radius 2 is 2.41 bits per heavy atom. The van der Waals surface area contributed by atoms with Gasteiger partial charge in [-0.25, -0.2) is 13.6 Å². The number of hydrogen-bond acceptors (Lipinski definition) is 5. The van der Waals surface area contributed by atoms with Crippen LogP contribution in [0.4, 0.5) is 14.6 Å². The van der Waals surface area contributed by atoms with Crippen LogP contribution in [-0.2, 0) is 4.74 Å². The molecule has 3 atom stereocenters. The van der Waals surface area contributed by atoms with Crippen molar-refractivity contribution >= 4 is 5.82 Å². The molecule has 1 fully saturated rings. The Morgan fingerprint density at radius 3 is 3.00 bits per heavy atom. The summed E-state index contributed by atoms with van der Waals surface area (Å²) in [6.07, 6.45) is -2.79. The lowest BCUT2D eigenvalue weighted by atomic mass is 10.2. The molecule has 2 rings (SSSR count). The Hall–Kier alpha value is -1.54. The first-order chi connectivity index (χ1) is 8.02. The topological polar surface area (TPSA) is 90.4 Å². The van der Waals surface area contributed by atoms with Crippen molar-refractivity contribution in [1.29, 1.82) is 0 Å². The average Bonchev–Trinajstić information content (AvgIpc) is 2.65. The Kier molecular flexibility index (Phi) is 3.07. The van der Waals surface area contributed by atoms with Gasteiger partial charge in [0.25, 0.3) is 0 Å². The first kappa shape index (κ1) is 11.9. The molecule has 1 aromatic heterocycles. The summed E-state index contributed by atoms with van der Waals surface area (Å²) in [5, 5.41) is 8.83. The normalized spacial score (nSPS) is 28.5. The highest BCUT2D eigenvalue weighted by Gasteiger charge is 2.37. The van der Waals surface area contributed by atoms with Gasteiger partial charge >= 0.3 is 5.69 Å². The first-order valence-corrected chi connectivity index (χ1v) is 4.97. The number of anilines is 1. The molecule has 1 saturated heterocycles. The third-order valence-corrected chi connectivity index (χ3v) is 2.54. The van der Waals surface area contributed by atoms with Crippen LogP contribution < -0.4 is 11.4 Å². The molecule has 94 valence electrons. The maximum atomic E-state index is 13.5. The summed E-state index contributed by atoms with van der Waals surface area (Å²) in [6.45, 7) is -0.365. The second-order valence-electron chi connectivity index (χ2n) is 3.75. The number of alkyl halides is 1. The summed E-state index contributed by atoms with van der Waals surface area (Å²) in [7, 11) is 0. The zero-order valence-electron chi connectivity index (χ0n) is 8.72. The van der Waals surface area contributed by atoms with Crippen LogP contribution in [0.3, 0.4) is 0 Å². The summed E-state index contributed by atoms with van der Waals surface area (Å²) < 4.78 is 32.5. The van der Waals surface area contributed by atoms with E-state index in [0.29, 0.717) is 4.57 Å². The molecule has 1 aliphatic rings. The van der Waals surface area contributed by atoms with Crippen molar-refractivity contribution in [3.63, 3.8) is 0 Å². The molecular weight excluding hydrogens is 236 g/mol. The molecule has 1 aromatic rings. The van der Waals surface area contributed by atoms with Gasteiger partial charge in [0.2, 0.25) is 0 Å². The summed E-state index contributed by atoms with van der Waals surface area (Å²) >= 11 is 0. The maximum Gasteiger partial charge on any atom is 0.351 e. The third kappa shape index (κ3) is 2.13. The molecule has 8 heteroatoms. The van der Waals surface area contributed by atoms with E-state index in [9.17, 15) is 13.6 Å². The largest absolute Gasteiger partial charge is 0.394 e. The Bertz CT molecular complexity index is 479. The molecule has 0 spiro atoms. The molecular formula is C9H11F2N3O3. The van der Waals surface area contributed by atoms with E-state index < -0.39 is 35.8 Å². The molecule has 2 heterocycles. The molecule has 0 aromatic carbocycles. The molecule has 0 radical (unpaired) electrons. The lowest BCUT2D eigenvalue weighted by Crippen LogP contribution is -2.31. The van der Waals surface area contributed by atoms with Gasteiger partial charge in [-0.15, -0.1) is 0 Å². The molecule has 0 amide bonds. The second-order valence-corrected chi connectivity index (χ2v) is 3.75. The van der Waals surface area contributed by atoms with Gasteiger partial charge in [-0.1, -0.05) is 0 Å². The van der Waals surface area contributed by atoms with E-state index >= 15 is 0 Å². The zero-order chi connectivity index (χ0) is 12.6. The van der Waals surface area contributed by atoms with Crippen LogP contribution >= 0.6 is 0 Å². The lowest BCUT2D eigenvalue weighted by molar-refractivity contribution is -0.0397. The fourth-order valence-corrected chi connectivity index (χ4v) is 1.70. The third-order valence-electron chi connectivity index (χ3n) is 2.54. The highest BCUT2D eigenvalue weighted by Crippen LogP contribution is 2.30. The lowest BCUT2D eigenvalue weighted by Gasteiger charge is -2.16. The smallest absolute Gasteiger partial charge is 0.351 e. The van der Waals surface area contributed by atoms with E-state index in [0.717, 1.165) is 6.20 Å². The Balaban J connectivity index is 2.35. The van der Waals surface area contributed by atoms with Gasteiger partial charge in [-0.3, -0.25) is 4.57 Å². The minimum Gasteiger partial charge on any atom is -0.394 e. The summed E-state index contributed by atoms with van der Waals surface area (Å²) in [5.74, 6) is -1.47. The molecule has 6 nitrogen and oxygen atoms in total. The van der Waals surface area contributed by atoms with E-state index in [1.165, 1.54) is 0 Å². The Labute approximate surface area is 94.6 Å². The van der Waals surface area contributed by atoms with Gasteiger partial charge in [-0.2, -0.15) is 4.98 Å². The van der Waals surface area contributed by atoms with Gasteiger partial charge < -0.3 is 15.6 Å². The predicted octanol–water partition coefficient (Wildman–Crippen LogP) is -0.417. The number of rotatable bonds is 2. The first-order valence-electron chi connectivity index (χ1n) is 4.97. The van der Waals surface area contributed by atoms with E-state index in [2.05, 4.69) is 4.98 Å². The van der Waals surface area contributed by atoms with Gasteiger partial charge in [0.15, 0.2) is 17.9 Å². The van der Waals surface area contributed by atoms with Crippen molar-refractivity contribution in [1.82, 2.24) is 9.55 Å². The number of nitrogen functional groups attached to an aromatic ring is 1. The summed E-state index contributed by atoms with van der Waals surface area (Å²) in [4.78, 5) is 14.6. The SMILES string of the molecule is Nc1nc(=O)n([C@@H]2O[C@H](CO)C[C@@H]2F)cc1F. The molecule has 17 heavy (non-hydrogen) atoms. The number of aliphatic hydroxyl groups is 1. The number of nitrogens with zero attached hydrogens (tertiary/aromatic N) is 2. The highest BCUT2D eigenvalue weighted by atomic mass is 19.1. The number of halogens is 2.